The first-order chi connectivity index (χ1) is 9.91. The summed E-state index contributed by atoms with van der Waals surface area (Å²) in [7, 11) is 0. The van der Waals surface area contributed by atoms with E-state index >= 15 is 0 Å². The van der Waals surface area contributed by atoms with Gasteiger partial charge in [0.25, 0.3) is 0 Å². The highest BCUT2D eigenvalue weighted by atomic mass is 35.5. The summed E-state index contributed by atoms with van der Waals surface area (Å²) in [5.74, 6) is -1.88. The third-order valence-electron chi connectivity index (χ3n) is 3.36. The average Bonchev–Trinajstić information content (AvgIpc) is 2.64. The van der Waals surface area contributed by atoms with Crippen LogP contribution >= 0.6 is 23.2 Å². The molecule has 0 saturated carbocycles. The number of amides is 1. The van der Waals surface area contributed by atoms with E-state index in [-0.39, 0.29) is 24.8 Å². The molecule has 1 aromatic rings. The maximum atomic E-state index is 11.5. The maximum absolute atomic E-state index is 11.5. The molecule has 21 heavy (non-hydrogen) atoms. The first kappa shape index (κ1) is 15.9. The van der Waals surface area contributed by atoms with Crippen LogP contribution in [0.2, 0.25) is 10.0 Å². The molecule has 0 bridgehead atoms. The van der Waals surface area contributed by atoms with Crippen LogP contribution in [-0.4, -0.2) is 53.0 Å². The molecule has 1 fully saturated rings. The lowest BCUT2D eigenvalue weighted by molar-refractivity contribution is -0.143. The van der Waals surface area contributed by atoms with Crippen molar-refractivity contribution >= 4 is 35.3 Å². The molecule has 0 aromatic heterocycles. The van der Waals surface area contributed by atoms with Crippen LogP contribution in [0.4, 0.5) is 4.79 Å². The lowest BCUT2D eigenvalue weighted by atomic mass is 9.91. The Balaban J connectivity index is 2.43. The lowest BCUT2D eigenvalue weighted by Crippen LogP contribution is -2.48. The van der Waals surface area contributed by atoms with E-state index in [4.69, 9.17) is 27.9 Å². The second-order valence-electron chi connectivity index (χ2n) is 4.61. The van der Waals surface area contributed by atoms with Gasteiger partial charge in [0.2, 0.25) is 0 Å². The molecule has 8 heteroatoms. The molecule has 2 N–H and O–H groups in total. The number of nitrogens with zero attached hydrogens (tertiary/aromatic N) is 1. The molecule has 114 valence electrons. The molecule has 1 heterocycles. The van der Waals surface area contributed by atoms with Crippen LogP contribution in [0.5, 0.6) is 0 Å². The van der Waals surface area contributed by atoms with Gasteiger partial charge in [-0.25, -0.2) is 9.59 Å². The van der Waals surface area contributed by atoms with Crippen molar-refractivity contribution in [3.05, 3.63) is 33.8 Å². The Labute approximate surface area is 130 Å². The van der Waals surface area contributed by atoms with Crippen molar-refractivity contribution < 1.29 is 24.5 Å². The summed E-state index contributed by atoms with van der Waals surface area (Å²) in [6.07, 6.45) is -1.29. The van der Waals surface area contributed by atoms with E-state index in [1.807, 2.05) is 0 Å². The zero-order valence-corrected chi connectivity index (χ0v) is 12.3. The number of ether oxygens (including phenoxy) is 1. The number of carbonyl (C=O) groups is 2. The standard InChI is InChI=1S/C13H13Cl2NO5/c14-9-2-1-7(5-10(9)15)8-6-21-4-3-16(13(19)20)11(8)12(17)18/h1-2,5,8,11H,3-4,6H2,(H,17,18)(H,19,20). The Hall–Kier alpha value is -1.50. The summed E-state index contributed by atoms with van der Waals surface area (Å²) in [6, 6.07) is 3.49. The summed E-state index contributed by atoms with van der Waals surface area (Å²) < 4.78 is 5.35. The number of carboxylic acid groups (broad SMARTS) is 2. The minimum absolute atomic E-state index is 0.00409. The highest BCUT2D eigenvalue weighted by molar-refractivity contribution is 6.42. The molecular weight excluding hydrogens is 321 g/mol. The van der Waals surface area contributed by atoms with Crippen molar-refractivity contribution in [3.8, 4) is 0 Å². The van der Waals surface area contributed by atoms with Gasteiger partial charge >= 0.3 is 12.1 Å². The molecule has 0 radical (unpaired) electrons. The van der Waals surface area contributed by atoms with Crippen molar-refractivity contribution in [1.82, 2.24) is 4.90 Å². The summed E-state index contributed by atoms with van der Waals surface area (Å²) in [5.41, 5.74) is 0.574. The normalized spacial score (nSPS) is 22.7. The Morgan fingerprint density at radius 3 is 2.52 bits per heavy atom. The highest BCUT2D eigenvalue weighted by Gasteiger charge is 2.39. The average molecular weight is 334 g/mol. The first-order valence-corrected chi connectivity index (χ1v) is 6.92. The van der Waals surface area contributed by atoms with Crippen molar-refractivity contribution in [3.63, 3.8) is 0 Å². The minimum atomic E-state index is -1.29. The molecule has 2 rings (SSSR count). The van der Waals surface area contributed by atoms with Crippen LogP contribution in [0.25, 0.3) is 0 Å². The molecule has 2 unspecified atom stereocenters. The number of halogens is 2. The van der Waals surface area contributed by atoms with Crippen LogP contribution in [0.3, 0.4) is 0 Å². The van der Waals surface area contributed by atoms with E-state index in [1.165, 1.54) is 0 Å². The monoisotopic (exact) mass is 333 g/mol. The lowest BCUT2D eigenvalue weighted by Gasteiger charge is -2.29. The Morgan fingerprint density at radius 2 is 1.95 bits per heavy atom. The van der Waals surface area contributed by atoms with Gasteiger partial charge in [-0.2, -0.15) is 0 Å². The quantitative estimate of drug-likeness (QED) is 0.868. The molecule has 0 spiro atoms. The third kappa shape index (κ3) is 3.40. The molecule has 1 saturated heterocycles. The topological polar surface area (TPSA) is 87.1 Å². The van der Waals surface area contributed by atoms with E-state index in [2.05, 4.69) is 0 Å². The van der Waals surface area contributed by atoms with Gasteiger partial charge in [-0.3, -0.25) is 4.90 Å². The van der Waals surface area contributed by atoms with E-state index in [0.717, 1.165) is 4.90 Å². The van der Waals surface area contributed by atoms with E-state index in [9.17, 15) is 19.8 Å². The zero-order chi connectivity index (χ0) is 15.6. The van der Waals surface area contributed by atoms with Crippen LogP contribution in [0.15, 0.2) is 18.2 Å². The molecule has 1 aliphatic heterocycles. The predicted octanol–water partition coefficient (Wildman–Crippen LogP) is 2.54. The summed E-state index contributed by atoms with van der Waals surface area (Å²) in [6.45, 7) is 0.247. The Bertz CT molecular complexity index is 565. The van der Waals surface area contributed by atoms with Crippen LogP contribution in [-0.2, 0) is 9.53 Å². The van der Waals surface area contributed by atoms with Crippen LogP contribution in [0, 0.1) is 0 Å². The van der Waals surface area contributed by atoms with Gasteiger partial charge in [-0.1, -0.05) is 29.3 Å². The third-order valence-corrected chi connectivity index (χ3v) is 4.10. The zero-order valence-electron chi connectivity index (χ0n) is 10.8. The van der Waals surface area contributed by atoms with Gasteiger partial charge < -0.3 is 14.9 Å². The molecule has 1 amide bonds. The maximum Gasteiger partial charge on any atom is 0.408 e. The second-order valence-corrected chi connectivity index (χ2v) is 5.43. The van der Waals surface area contributed by atoms with Gasteiger partial charge in [0.1, 0.15) is 6.04 Å². The van der Waals surface area contributed by atoms with Gasteiger partial charge in [0.15, 0.2) is 0 Å². The summed E-state index contributed by atoms with van der Waals surface area (Å²) in [4.78, 5) is 23.7. The minimum Gasteiger partial charge on any atom is -0.480 e. The summed E-state index contributed by atoms with van der Waals surface area (Å²) >= 11 is 11.8. The summed E-state index contributed by atoms with van der Waals surface area (Å²) in [5, 5.41) is 19.3. The Kier molecular flexibility index (Phi) is 4.92. The van der Waals surface area contributed by atoms with Crippen molar-refractivity contribution in [2.24, 2.45) is 0 Å². The first-order valence-electron chi connectivity index (χ1n) is 6.17. The van der Waals surface area contributed by atoms with Crippen molar-refractivity contribution in [1.29, 1.82) is 0 Å². The number of carboxylic acids is 1. The molecule has 1 aromatic carbocycles. The number of hydrogen-bond acceptors (Lipinski definition) is 3. The van der Waals surface area contributed by atoms with Crippen molar-refractivity contribution in [2.75, 3.05) is 19.8 Å². The van der Waals surface area contributed by atoms with Gasteiger partial charge in [-0.15, -0.1) is 0 Å². The van der Waals surface area contributed by atoms with Gasteiger partial charge in [-0.05, 0) is 17.7 Å². The molecular formula is C13H13Cl2NO5. The van der Waals surface area contributed by atoms with E-state index in [0.29, 0.717) is 10.6 Å². The highest BCUT2D eigenvalue weighted by Crippen LogP contribution is 2.31. The van der Waals surface area contributed by atoms with Crippen LogP contribution in [0.1, 0.15) is 11.5 Å². The fraction of sp³-hybridized carbons (Fsp3) is 0.385. The van der Waals surface area contributed by atoms with Crippen LogP contribution < -0.4 is 0 Å². The van der Waals surface area contributed by atoms with Gasteiger partial charge in [0, 0.05) is 12.5 Å². The molecule has 6 nitrogen and oxygen atoms in total. The fourth-order valence-corrected chi connectivity index (χ4v) is 2.67. The smallest absolute Gasteiger partial charge is 0.408 e. The number of benzene rings is 1. The largest absolute Gasteiger partial charge is 0.480 e. The van der Waals surface area contributed by atoms with Crippen molar-refractivity contribution in [2.45, 2.75) is 12.0 Å². The predicted molar refractivity (Wildman–Crippen MR) is 76.2 cm³/mol. The SMILES string of the molecule is O=C(O)C1C(c2ccc(Cl)c(Cl)c2)COCCN1C(=O)O. The number of aliphatic carboxylic acids is 1. The fourth-order valence-electron chi connectivity index (χ4n) is 2.36. The van der Waals surface area contributed by atoms with Gasteiger partial charge in [0.05, 0.1) is 23.3 Å². The molecule has 0 aliphatic carbocycles. The number of hydrogen-bond donors (Lipinski definition) is 2. The van der Waals surface area contributed by atoms with E-state index in [1.54, 1.807) is 18.2 Å². The number of rotatable bonds is 2. The second kappa shape index (κ2) is 6.51. The molecule has 2 atom stereocenters. The molecule has 1 aliphatic rings. The Morgan fingerprint density at radius 1 is 1.24 bits per heavy atom. The van der Waals surface area contributed by atoms with E-state index < -0.39 is 24.0 Å².